The van der Waals surface area contributed by atoms with Crippen molar-refractivity contribution in [3.8, 4) is 5.75 Å². The molecule has 1 aliphatic rings. The number of methoxy groups -OCH3 is 1. The van der Waals surface area contributed by atoms with Crippen LogP contribution in [-0.2, 0) is 4.79 Å². The Kier molecular flexibility index (Phi) is 4.05. The number of carbonyl (C=O) groups is 1. The summed E-state index contributed by atoms with van der Waals surface area (Å²) in [6.45, 7) is 0. The zero-order chi connectivity index (χ0) is 18.1. The van der Waals surface area contributed by atoms with Gasteiger partial charge in [0.15, 0.2) is 0 Å². The smallest absolute Gasteiger partial charge is 0.259 e. The fourth-order valence-corrected chi connectivity index (χ4v) is 3.50. The molecule has 3 aromatic rings. The SMILES string of the molecule is COc1ccccc1/C(=C1\C(=O)N(C)c2ccccc21)c1ccccc1. The third-order valence-electron chi connectivity index (χ3n) is 4.74. The first-order valence-corrected chi connectivity index (χ1v) is 8.53. The van der Waals surface area contributed by atoms with Gasteiger partial charge in [0.05, 0.1) is 18.4 Å². The summed E-state index contributed by atoms with van der Waals surface area (Å²) in [6.07, 6.45) is 0. The van der Waals surface area contributed by atoms with Gasteiger partial charge < -0.3 is 9.64 Å². The van der Waals surface area contributed by atoms with Gasteiger partial charge in [-0.05, 0) is 17.7 Å². The molecule has 1 amide bonds. The zero-order valence-electron chi connectivity index (χ0n) is 14.8. The second-order valence-corrected chi connectivity index (χ2v) is 6.20. The molecule has 3 aromatic carbocycles. The third-order valence-corrected chi connectivity index (χ3v) is 4.74. The van der Waals surface area contributed by atoms with Crippen molar-refractivity contribution in [1.29, 1.82) is 0 Å². The topological polar surface area (TPSA) is 29.5 Å². The highest BCUT2D eigenvalue weighted by Gasteiger charge is 2.33. The van der Waals surface area contributed by atoms with Gasteiger partial charge in [-0.1, -0.05) is 66.7 Å². The molecule has 0 unspecified atom stereocenters. The second-order valence-electron chi connectivity index (χ2n) is 6.20. The van der Waals surface area contributed by atoms with E-state index in [0.717, 1.165) is 33.7 Å². The molecule has 0 atom stereocenters. The Balaban J connectivity index is 2.10. The van der Waals surface area contributed by atoms with Crippen LogP contribution in [-0.4, -0.2) is 20.1 Å². The second kappa shape index (κ2) is 6.52. The lowest BCUT2D eigenvalue weighted by molar-refractivity contribution is -0.112. The highest BCUT2D eigenvalue weighted by Crippen LogP contribution is 2.44. The van der Waals surface area contributed by atoms with E-state index in [0.29, 0.717) is 5.57 Å². The number of hydrogen-bond acceptors (Lipinski definition) is 2. The lowest BCUT2D eigenvalue weighted by Crippen LogP contribution is -2.21. The maximum atomic E-state index is 13.2. The zero-order valence-corrected chi connectivity index (χ0v) is 14.8. The van der Waals surface area contributed by atoms with Crippen molar-refractivity contribution in [2.45, 2.75) is 0 Å². The van der Waals surface area contributed by atoms with E-state index in [4.69, 9.17) is 4.74 Å². The van der Waals surface area contributed by atoms with Gasteiger partial charge in [0, 0.05) is 23.7 Å². The number of likely N-dealkylation sites (N-methyl/N-ethyl adjacent to an activating group) is 1. The Bertz CT molecular complexity index is 1010. The van der Waals surface area contributed by atoms with Gasteiger partial charge in [0.1, 0.15) is 5.75 Å². The van der Waals surface area contributed by atoms with Crippen molar-refractivity contribution in [1.82, 2.24) is 0 Å². The molecular formula is C23H19NO2. The average Bonchev–Trinajstić information content (AvgIpc) is 2.95. The average molecular weight is 341 g/mol. The fraction of sp³-hybridized carbons (Fsp3) is 0.0870. The predicted molar refractivity (Wildman–Crippen MR) is 105 cm³/mol. The normalized spacial score (nSPS) is 15.0. The molecule has 0 aliphatic carbocycles. The number of rotatable bonds is 3. The largest absolute Gasteiger partial charge is 0.496 e. The quantitative estimate of drug-likeness (QED) is 0.650. The van der Waals surface area contributed by atoms with Crippen molar-refractivity contribution in [2.75, 3.05) is 19.1 Å². The molecule has 1 heterocycles. The van der Waals surface area contributed by atoms with E-state index < -0.39 is 0 Å². The van der Waals surface area contributed by atoms with Crippen LogP contribution in [0.1, 0.15) is 16.7 Å². The molecule has 0 saturated carbocycles. The maximum Gasteiger partial charge on any atom is 0.259 e. The summed E-state index contributed by atoms with van der Waals surface area (Å²) >= 11 is 0. The molecule has 1 aliphatic heterocycles. The number of carbonyl (C=O) groups excluding carboxylic acids is 1. The van der Waals surface area contributed by atoms with Crippen LogP contribution in [0.2, 0.25) is 0 Å². The summed E-state index contributed by atoms with van der Waals surface area (Å²) in [4.78, 5) is 14.9. The Labute approximate surface area is 153 Å². The van der Waals surface area contributed by atoms with Crippen LogP contribution in [0.15, 0.2) is 78.9 Å². The lowest BCUT2D eigenvalue weighted by Gasteiger charge is -2.16. The lowest BCUT2D eigenvalue weighted by atomic mass is 9.89. The van der Waals surface area contributed by atoms with Crippen molar-refractivity contribution in [3.05, 3.63) is 95.6 Å². The van der Waals surface area contributed by atoms with Crippen molar-refractivity contribution in [3.63, 3.8) is 0 Å². The van der Waals surface area contributed by atoms with E-state index >= 15 is 0 Å². The number of nitrogens with zero attached hydrogens (tertiary/aromatic N) is 1. The van der Waals surface area contributed by atoms with Gasteiger partial charge in [-0.15, -0.1) is 0 Å². The Hall–Kier alpha value is -3.33. The number of fused-ring (bicyclic) bond motifs is 1. The first kappa shape index (κ1) is 16.2. The Morgan fingerprint density at radius 1 is 0.846 bits per heavy atom. The predicted octanol–water partition coefficient (Wildman–Crippen LogP) is 4.63. The van der Waals surface area contributed by atoms with Crippen molar-refractivity contribution >= 4 is 22.7 Å². The van der Waals surface area contributed by atoms with Crippen LogP contribution < -0.4 is 9.64 Å². The molecule has 0 radical (unpaired) electrons. The summed E-state index contributed by atoms with van der Waals surface area (Å²) < 4.78 is 5.60. The minimum absolute atomic E-state index is 0.00374. The van der Waals surface area contributed by atoms with E-state index in [1.54, 1.807) is 12.0 Å². The Morgan fingerprint density at radius 2 is 1.50 bits per heavy atom. The number of para-hydroxylation sites is 2. The van der Waals surface area contributed by atoms with Crippen LogP contribution in [0.3, 0.4) is 0 Å². The summed E-state index contributed by atoms with van der Waals surface area (Å²) in [7, 11) is 3.47. The molecule has 26 heavy (non-hydrogen) atoms. The van der Waals surface area contributed by atoms with Crippen molar-refractivity contribution < 1.29 is 9.53 Å². The minimum atomic E-state index is -0.00374. The standard InChI is InChI=1S/C23H19NO2/c1-24-19-14-8-6-12-17(19)22(23(24)25)21(16-10-4-3-5-11-16)18-13-7-9-15-20(18)26-2/h3-15H,1-2H3/b22-21-. The van der Waals surface area contributed by atoms with E-state index in [-0.39, 0.29) is 5.91 Å². The fourth-order valence-electron chi connectivity index (χ4n) is 3.50. The van der Waals surface area contributed by atoms with E-state index in [9.17, 15) is 4.79 Å². The molecule has 4 rings (SSSR count). The van der Waals surface area contributed by atoms with E-state index in [1.807, 2.05) is 85.9 Å². The van der Waals surface area contributed by atoms with Gasteiger partial charge >= 0.3 is 0 Å². The molecule has 3 nitrogen and oxygen atoms in total. The molecule has 0 spiro atoms. The molecule has 0 N–H and O–H groups in total. The van der Waals surface area contributed by atoms with Gasteiger partial charge in [0.25, 0.3) is 5.91 Å². The summed E-state index contributed by atoms with van der Waals surface area (Å²) in [5, 5.41) is 0. The highest BCUT2D eigenvalue weighted by molar-refractivity contribution is 6.38. The van der Waals surface area contributed by atoms with E-state index in [1.165, 1.54) is 0 Å². The number of hydrogen-bond donors (Lipinski definition) is 0. The first-order valence-electron chi connectivity index (χ1n) is 8.53. The number of benzene rings is 3. The van der Waals surface area contributed by atoms with Gasteiger partial charge in [0.2, 0.25) is 0 Å². The van der Waals surface area contributed by atoms with Gasteiger partial charge in [-0.2, -0.15) is 0 Å². The summed E-state index contributed by atoms with van der Waals surface area (Å²) in [5.74, 6) is 0.745. The summed E-state index contributed by atoms with van der Waals surface area (Å²) in [6, 6.07) is 25.7. The molecular weight excluding hydrogens is 322 g/mol. The van der Waals surface area contributed by atoms with Crippen LogP contribution in [0.25, 0.3) is 11.1 Å². The molecule has 0 fully saturated rings. The minimum Gasteiger partial charge on any atom is -0.496 e. The number of ether oxygens (including phenoxy) is 1. The Morgan fingerprint density at radius 3 is 2.27 bits per heavy atom. The molecule has 128 valence electrons. The van der Waals surface area contributed by atoms with Crippen molar-refractivity contribution in [2.24, 2.45) is 0 Å². The van der Waals surface area contributed by atoms with Crippen LogP contribution in [0, 0.1) is 0 Å². The number of anilines is 1. The van der Waals surface area contributed by atoms with Gasteiger partial charge in [-0.25, -0.2) is 0 Å². The molecule has 0 saturated heterocycles. The summed E-state index contributed by atoms with van der Waals surface area (Å²) in [5.41, 5.74) is 5.38. The van der Waals surface area contributed by atoms with E-state index in [2.05, 4.69) is 0 Å². The maximum absolute atomic E-state index is 13.2. The molecule has 0 bridgehead atoms. The molecule has 3 heteroatoms. The molecule has 0 aromatic heterocycles. The first-order chi connectivity index (χ1) is 12.7. The third kappa shape index (κ3) is 2.49. The van der Waals surface area contributed by atoms with Crippen LogP contribution >= 0.6 is 0 Å². The monoisotopic (exact) mass is 341 g/mol. The van der Waals surface area contributed by atoms with Gasteiger partial charge in [-0.3, -0.25) is 4.79 Å². The van der Waals surface area contributed by atoms with Crippen LogP contribution in [0.4, 0.5) is 5.69 Å². The highest BCUT2D eigenvalue weighted by atomic mass is 16.5. The number of amides is 1. The van der Waals surface area contributed by atoms with Crippen LogP contribution in [0.5, 0.6) is 5.75 Å².